The SMILES string of the molecule is CNc1cc(Br)cc(OC(F)(F)CF)c1[N+](=O)[O-]. The molecule has 0 spiro atoms. The Hall–Kier alpha value is -1.51. The van der Waals surface area contributed by atoms with Crippen molar-refractivity contribution >= 4 is 27.3 Å². The highest BCUT2D eigenvalue weighted by Gasteiger charge is 2.35. The highest BCUT2D eigenvalue weighted by molar-refractivity contribution is 9.10. The van der Waals surface area contributed by atoms with Crippen molar-refractivity contribution in [2.75, 3.05) is 19.0 Å². The molecule has 0 radical (unpaired) electrons. The van der Waals surface area contributed by atoms with Crippen molar-refractivity contribution in [2.45, 2.75) is 6.11 Å². The van der Waals surface area contributed by atoms with Gasteiger partial charge in [0.25, 0.3) is 0 Å². The third-order valence-electron chi connectivity index (χ3n) is 1.91. The van der Waals surface area contributed by atoms with E-state index in [2.05, 4.69) is 26.0 Å². The number of hydrogen-bond donors (Lipinski definition) is 1. The number of nitro groups is 1. The summed E-state index contributed by atoms with van der Waals surface area (Å²) in [6.07, 6.45) is -4.11. The number of nitrogens with zero attached hydrogens (tertiary/aromatic N) is 1. The molecule has 5 nitrogen and oxygen atoms in total. The van der Waals surface area contributed by atoms with E-state index in [1.165, 1.54) is 13.1 Å². The van der Waals surface area contributed by atoms with Crippen LogP contribution in [0.3, 0.4) is 0 Å². The van der Waals surface area contributed by atoms with Crippen molar-refractivity contribution in [2.24, 2.45) is 0 Å². The molecular weight excluding hydrogens is 321 g/mol. The molecule has 1 N–H and O–H groups in total. The van der Waals surface area contributed by atoms with Gasteiger partial charge in [-0.05, 0) is 6.07 Å². The lowest BCUT2D eigenvalue weighted by Crippen LogP contribution is -2.27. The highest BCUT2D eigenvalue weighted by atomic mass is 79.9. The number of alkyl halides is 3. The zero-order valence-corrected chi connectivity index (χ0v) is 10.6. The van der Waals surface area contributed by atoms with Crippen LogP contribution in [0.25, 0.3) is 0 Å². The van der Waals surface area contributed by atoms with Crippen molar-refractivity contribution in [3.05, 3.63) is 26.7 Å². The maximum atomic E-state index is 12.8. The van der Waals surface area contributed by atoms with Crippen LogP contribution in [0.5, 0.6) is 5.75 Å². The molecule has 0 atom stereocenters. The fourth-order valence-electron chi connectivity index (χ4n) is 1.22. The van der Waals surface area contributed by atoms with Gasteiger partial charge in [0.1, 0.15) is 5.69 Å². The first kappa shape index (κ1) is 14.6. The summed E-state index contributed by atoms with van der Waals surface area (Å²) in [4.78, 5) is 9.93. The molecule has 0 heterocycles. The molecule has 18 heavy (non-hydrogen) atoms. The summed E-state index contributed by atoms with van der Waals surface area (Å²) in [5.41, 5.74) is -0.715. The average molecular weight is 329 g/mol. The Morgan fingerprint density at radius 2 is 2.17 bits per heavy atom. The Balaban J connectivity index is 3.32. The fraction of sp³-hybridized carbons (Fsp3) is 0.333. The van der Waals surface area contributed by atoms with Gasteiger partial charge in [0.2, 0.25) is 5.75 Å². The smallest absolute Gasteiger partial charge is 0.423 e. The van der Waals surface area contributed by atoms with Gasteiger partial charge in [-0.15, -0.1) is 0 Å². The number of halogens is 4. The molecule has 9 heteroatoms. The first-order valence-corrected chi connectivity index (χ1v) is 5.38. The van der Waals surface area contributed by atoms with Crippen molar-refractivity contribution in [3.63, 3.8) is 0 Å². The van der Waals surface area contributed by atoms with E-state index in [9.17, 15) is 23.3 Å². The topological polar surface area (TPSA) is 64.4 Å². The summed E-state index contributed by atoms with van der Waals surface area (Å²) < 4.78 is 41.9. The second-order valence-electron chi connectivity index (χ2n) is 3.18. The third kappa shape index (κ3) is 3.25. The first-order chi connectivity index (χ1) is 8.30. The van der Waals surface area contributed by atoms with Crippen molar-refractivity contribution in [1.29, 1.82) is 0 Å². The van der Waals surface area contributed by atoms with Crippen LogP contribution in [0.2, 0.25) is 0 Å². The molecule has 0 fully saturated rings. The van der Waals surface area contributed by atoms with Gasteiger partial charge < -0.3 is 10.1 Å². The van der Waals surface area contributed by atoms with Gasteiger partial charge in [0, 0.05) is 17.6 Å². The van der Waals surface area contributed by atoms with Gasteiger partial charge in [-0.2, -0.15) is 8.78 Å². The number of nitrogens with one attached hydrogen (secondary N) is 1. The molecule has 1 aromatic carbocycles. The lowest BCUT2D eigenvalue weighted by molar-refractivity contribution is -0.386. The van der Waals surface area contributed by atoms with Gasteiger partial charge in [-0.25, -0.2) is 4.39 Å². The molecule has 0 saturated carbocycles. The van der Waals surface area contributed by atoms with E-state index in [-0.39, 0.29) is 10.2 Å². The Morgan fingerprint density at radius 1 is 1.56 bits per heavy atom. The van der Waals surface area contributed by atoms with E-state index < -0.39 is 29.1 Å². The number of anilines is 1. The lowest BCUT2D eigenvalue weighted by Gasteiger charge is -2.15. The minimum Gasteiger partial charge on any atom is -0.423 e. The Labute approximate surface area is 108 Å². The van der Waals surface area contributed by atoms with E-state index in [0.29, 0.717) is 0 Å². The molecule has 1 rings (SSSR count). The molecule has 0 unspecified atom stereocenters. The molecule has 0 amide bonds. The molecule has 100 valence electrons. The molecule has 0 aliphatic rings. The minimum atomic E-state index is -4.11. The standard InChI is InChI=1S/C9H8BrF3N2O3/c1-14-6-2-5(10)3-7(8(6)15(16)17)18-9(12,13)4-11/h2-3,14H,4H2,1H3. The largest absolute Gasteiger partial charge is 0.427 e. The van der Waals surface area contributed by atoms with Crippen LogP contribution in [0.1, 0.15) is 0 Å². The molecular formula is C9H8BrF3N2O3. The van der Waals surface area contributed by atoms with Crippen molar-refractivity contribution < 1.29 is 22.8 Å². The van der Waals surface area contributed by atoms with Crippen molar-refractivity contribution in [1.82, 2.24) is 0 Å². The Bertz CT molecular complexity index is 471. The van der Waals surface area contributed by atoms with Gasteiger partial charge in [-0.1, -0.05) is 15.9 Å². The van der Waals surface area contributed by atoms with E-state index in [4.69, 9.17) is 0 Å². The van der Waals surface area contributed by atoms with Gasteiger partial charge in [0.15, 0.2) is 6.67 Å². The number of hydrogen-bond acceptors (Lipinski definition) is 4. The number of benzene rings is 1. The normalized spacial score (nSPS) is 11.2. The molecule has 1 aromatic rings. The zero-order valence-electron chi connectivity index (χ0n) is 9.05. The van der Waals surface area contributed by atoms with Crippen LogP contribution >= 0.6 is 15.9 Å². The predicted molar refractivity (Wildman–Crippen MR) is 61.9 cm³/mol. The summed E-state index contributed by atoms with van der Waals surface area (Å²) in [6, 6.07) is 2.29. The first-order valence-electron chi connectivity index (χ1n) is 4.59. The molecule has 0 aromatic heterocycles. The average Bonchev–Trinajstić information content (AvgIpc) is 2.26. The van der Waals surface area contributed by atoms with Crippen LogP contribution in [0.15, 0.2) is 16.6 Å². The van der Waals surface area contributed by atoms with Gasteiger partial charge in [-0.3, -0.25) is 10.1 Å². The zero-order chi connectivity index (χ0) is 13.9. The Morgan fingerprint density at radius 3 is 2.61 bits per heavy atom. The second kappa shape index (κ2) is 5.42. The number of nitro benzene ring substituents is 1. The van der Waals surface area contributed by atoms with Crippen LogP contribution in [0, 0.1) is 10.1 Å². The van der Waals surface area contributed by atoms with Crippen LogP contribution < -0.4 is 10.1 Å². The number of ether oxygens (including phenoxy) is 1. The molecule has 0 aliphatic heterocycles. The van der Waals surface area contributed by atoms with E-state index in [0.717, 1.165) is 6.07 Å². The van der Waals surface area contributed by atoms with Crippen LogP contribution in [0.4, 0.5) is 24.5 Å². The third-order valence-corrected chi connectivity index (χ3v) is 2.36. The number of rotatable bonds is 5. The van der Waals surface area contributed by atoms with Crippen molar-refractivity contribution in [3.8, 4) is 5.75 Å². The summed E-state index contributed by atoms with van der Waals surface area (Å²) in [5.74, 6) is -0.721. The maximum Gasteiger partial charge on any atom is 0.427 e. The molecule has 0 saturated heterocycles. The van der Waals surface area contributed by atoms with Gasteiger partial charge in [0.05, 0.1) is 4.92 Å². The summed E-state index contributed by atoms with van der Waals surface area (Å²) >= 11 is 2.99. The monoisotopic (exact) mass is 328 g/mol. The van der Waals surface area contributed by atoms with Crippen LogP contribution in [-0.4, -0.2) is 24.8 Å². The van der Waals surface area contributed by atoms with E-state index >= 15 is 0 Å². The van der Waals surface area contributed by atoms with Gasteiger partial charge >= 0.3 is 11.8 Å². The molecule has 0 bridgehead atoms. The minimum absolute atomic E-state index is 0.0287. The summed E-state index contributed by atoms with van der Waals surface area (Å²) in [7, 11) is 1.38. The molecule has 0 aliphatic carbocycles. The van der Waals surface area contributed by atoms with Crippen LogP contribution in [-0.2, 0) is 0 Å². The van der Waals surface area contributed by atoms with E-state index in [1.807, 2.05) is 0 Å². The summed E-state index contributed by atoms with van der Waals surface area (Å²) in [5, 5.41) is 13.3. The second-order valence-corrected chi connectivity index (χ2v) is 4.10. The van der Waals surface area contributed by atoms with E-state index in [1.54, 1.807) is 0 Å². The fourth-order valence-corrected chi connectivity index (χ4v) is 1.66. The summed E-state index contributed by atoms with van der Waals surface area (Å²) in [6.45, 7) is -2.08. The maximum absolute atomic E-state index is 12.8. The predicted octanol–water partition coefficient (Wildman–Crippen LogP) is 3.34. The Kier molecular flexibility index (Phi) is 4.38. The quantitative estimate of drug-likeness (QED) is 0.665. The lowest BCUT2D eigenvalue weighted by atomic mass is 10.2. The highest BCUT2D eigenvalue weighted by Crippen LogP contribution is 2.40.